The predicted molar refractivity (Wildman–Crippen MR) is 197 cm³/mol. The zero-order valence-electron chi connectivity index (χ0n) is 29.4. The molecule has 0 spiro atoms. The number of β-amino-alcohol motifs (C(OH)–C–C–N with tert-alkyl or cyclic N) is 1. The van der Waals surface area contributed by atoms with Gasteiger partial charge >= 0.3 is 6.15 Å². The van der Waals surface area contributed by atoms with E-state index >= 15 is 0 Å². The Morgan fingerprint density at radius 2 is 1.16 bits per heavy atom. The van der Waals surface area contributed by atoms with E-state index in [1.54, 1.807) is 9.80 Å². The molecule has 272 valence electrons. The van der Waals surface area contributed by atoms with Gasteiger partial charge in [-0.05, 0) is 49.2 Å². The number of hydrogen-bond donors (Lipinski definition) is 1. The van der Waals surface area contributed by atoms with Crippen molar-refractivity contribution in [3.8, 4) is 22.5 Å². The number of carbonyl (C=O) groups excluding carboxylic acids is 4. The number of aliphatic hydroxyl groups excluding tert-OH is 1. The van der Waals surface area contributed by atoms with E-state index in [9.17, 15) is 14.7 Å². The molecular weight excluding hydrogens is 691 g/mol. The van der Waals surface area contributed by atoms with Crippen LogP contribution < -0.4 is 0 Å². The van der Waals surface area contributed by atoms with Gasteiger partial charge in [0, 0.05) is 47.9 Å². The molecule has 0 aliphatic carbocycles. The summed E-state index contributed by atoms with van der Waals surface area (Å²) in [5, 5.41) is 20.1. The first-order chi connectivity index (χ1) is 24.6. The van der Waals surface area contributed by atoms with Crippen molar-refractivity contribution in [3.05, 3.63) is 82.1 Å². The van der Waals surface area contributed by atoms with E-state index in [0.29, 0.717) is 34.5 Å². The van der Waals surface area contributed by atoms with Crippen molar-refractivity contribution >= 4 is 41.2 Å². The summed E-state index contributed by atoms with van der Waals surface area (Å²) < 4.78 is 3.82. The summed E-state index contributed by atoms with van der Waals surface area (Å²) in [7, 11) is 1.87. The molecule has 2 amide bonds. The number of aliphatic hydroxyl groups is 1. The quantitative estimate of drug-likeness (QED) is 0.148. The number of aromatic nitrogens is 4. The van der Waals surface area contributed by atoms with Crippen molar-refractivity contribution in [3.63, 3.8) is 0 Å². The molecule has 2 atom stereocenters. The number of carbonyl (C=O) groups is 2. The zero-order valence-corrected chi connectivity index (χ0v) is 30.9. The van der Waals surface area contributed by atoms with Crippen LogP contribution in [0.4, 0.5) is 0 Å². The third-order valence-electron chi connectivity index (χ3n) is 9.08. The van der Waals surface area contributed by atoms with Crippen LogP contribution in [0.1, 0.15) is 98.3 Å². The second kappa shape index (κ2) is 19.4. The molecule has 4 aromatic rings. The Hall–Kier alpha value is -4.28. The van der Waals surface area contributed by atoms with Gasteiger partial charge in [0.2, 0.25) is 0 Å². The topological polar surface area (TPSA) is 131 Å². The van der Waals surface area contributed by atoms with Gasteiger partial charge in [0.25, 0.3) is 11.8 Å². The largest absolute Gasteiger partial charge is 0.395 e. The summed E-state index contributed by atoms with van der Waals surface area (Å²) >= 11 is 11.9. The van der Waals surface area contributed by atoms with Crippen LogP contribution in [0.2, 0.25) is 10.0 Å². The standard InChI is InChI=1S/C19H24ClN3O2.C18H22ClN3O.CO2/c1-2-3-4-5-16-13-22(10-11-24)19(25)18-12-17(21-23(16)18)14-6-8-15(20)9-7-14;1-3-4-5-6-15-12-21(2)18(23)17-11-16(20-22(15)17)13-7-9-14(19)10-8-13;2-1-3/h6-9,12,16,24H,2-5,10-11,13H2,1H3;7-11,15H,3-6,12H2,1-2H3;. The summed E-state index contributed by atoms with van der Waals surface area (Å²) in [5.74, 6) is -0.0158. The van der Waals surface area contributed by atoms with Gasteiger partial charge in [-0.3, -0.25) is 19.0 Å². The highest BCUT2D eigenvalue weighted by atomic mass is 35.5. The van der Waals surface area contributed by atoms with Crippen molar-refractivity contribution in [2.24, 2.45) is 0 Å². The van der Waals surface area contributed by atoms with Crippen LogP contribution in [0.15, 0.2) is 60.7 Å². The van der Waals surface area contributed by atoms with Crippen molar-refractivity contribution in [1.82, 2.24) is 29.4 Å². The second-order valence-corrected chi connectivity index (χ2v) is 13.6. The van der Waals surface area contributed by atoms with E-state index in [2.05, 4.69) is 13.8 Å². The Kier molecular flexibility index (Phi) is 15.0. The molecule has 13 heteroatoms. The van der Waals surface area contributed by atoms with Gasteiger partial charge < -0.3 is 14.9 Å². The second-order valence-electron chi connectivity index (χ2n) is 12.8. The first kappa shape index (κ1) is 39.5. The molecule has 2 aromatic carbocycles. The summed E-state index contributed by atoms with van der Waals surface area (Å²) in [6.07, 6.45) is 9.31. The van der Waals surface area contributed by atoms with Crippen LogP contribution in [-0.4, -0.2) is 85.7 Å². The molecule has 0 radical (unpaired) electrons. The van der Waals surface area contributed by atoms with Crippen molar-refractivity contribution in [2.45, 2.75) is 77.3 Å². The maximum Gasteiger partial charge on any atom is 0.373 e. The number of likely N-dealkylation sites (N-methyl/N-ethyl adjacent to an activating group) is 1. The minimum atomic E-state index is -0.0616. The van der Waals surface area contributed by atoms with E-state index < -0.39 is 0 Å². The van der Waals surface area contributed by atoms with Crippen LogP contribution >= 0.6 is 23.2 Å². The van der Waals surface area contributed by atoms with Crippen LogP contribution in [0.5, 0.6) is 0 Å². The van der Waals surface area contributed by atoms with Crippen molar-refractivity contribution in [2.75, 3.05) is 33.3 Å². The van der Waals surface area contributed by atoms with E-state index in [1.165, 1.54) is 25.7 Å². The lowest BCUT2D eigenvalue weighted by Crippen LogP contribution is -2.44. The Morgan fingerprint density at radius 3 is 1.59 bits per heavy atom. The van der Waals surface area contributed by atoms with Gasteiger partial charge in [-0.1, -0.05) is 99.8 Å². The number of benzene rings is 2. The summed E-state index contributed by atoms with van der Waals surface area (Å²) in [6, 6.07) is 19.2. The average Bonchev–Trinajstić information content (AvgIpc) is 3.77. The maximum atomic E-state index is 12.7. The molecule has 4 heterocycles. The van der Waals surface area contributed by atoms with E-state index in [0.717, 1.165) is 54.7 Å². The van der Waals surface area contributed by atoms with E-state index in [-0.39, 0.29) is 36.7 Å². The van der Waals surface area contributed by atoms with Gasteiger partial charge in [-0.2, -0.15) is 19.8 Å². The molecule has 1 N–H and O–H groups in total. The monoisotopic (exact) mass is 736 g/mol. The smallest absolute Gasteiger partial charge is 0.373 e. The number of rotatable bonds is 12. The van der Waals surface area contributed by atoms with Crippen molar-refractivity contribution in [1.29, 1.82) is 0 Å². The Morgan fingerprint density at radius 1 is 0.725 bits per heavy atom. The molecule has 0 saturated carbocycles. The summed E-state index contributed by atoms with van der Waals surface area (Å²) in [4.78, 5) is 44.9. The summed E-state index contributed by atoms with van der Waals surface area (Å²) in [5.41, 5.74) is 4.84. The number of halogens is 2. The molecule has 2 aliphatic heterocycles. The third-order valence-corrected chi connectivity index (χ3v) is 9.59. The third kappa shape index (κ3) is 10.2. The minimum absolute atomic E-state index is 0.0222. The van der Waals surface area contributed by atoms with Gasteiger partial charge in [-0.15, -0.1) is 0 Å². The molecule has 0 fully saturated rings. The number of hydrogen-bond acceptors (Lipinski definition) is 7. The molecule has 6 rings (SSSR count). The number of unbranched alkanes of at least 4 members (excludes halogenated alkanes) is 4. The Labute approximate surface area is 309 Å². The molecule has 2 unspecified atom stereocenters. The number of amides is 2. The lowest BCUT2D eigenvalue weighted by molar-refractivity contribution is -0.191. The van der Waals surface area contributed by atoms with Crippen LogP contribution in [0.3, 0.4) is 0 Å². The maximum absolute atomic E-state index is 12.7. The normalized spacial score (nSPS) is 16.4. The molecular formula is C38H46Cl2N6O5. The van der Waals surface area contributed by atoms with E-state index in [4.69, 9.17) is 43.0 Å². The highest BCUT2D eigenvalue weighted by Gasteiger charge is 2.33. The molecule has 0 bridgehead atoms. The Balaban J connectivity index is 0.000000213. The van der Waals surface area contributed by atoms with E-state index in [1.807, 2.05) is 77.1 Å². The fourth-order valence-electron chi connectivity index (χ4n) is 6.44. The first-order valence-electron chi connectivity index (χ1n) is 17.5. The Bertz CT molecular complexity index is 1770. The predicted octanol–water partition coefficient (Wildman–Crippen LogP) is 7.60. The van der Waals surface area contributed by atoms with Crippen molar-refractivity contribution < 1.29 is 24.3 Å². The fraction of sp³-hybridized carbons (Fsp3) is 0.447. The lowest BCUT2D eigenvalue weighted by Gasteiger charge is -2.33. The number of nitrogens with zero attached hydrogens (tertiary/aromatic N) is 6. The molecule has 2 aliphatic rings. The molecule has 11 nitrogen and oxygen atoms in total. The summed E-state index contributed by atoms with van der Waals surface area (Å²) in [6.45, 7) is 6.07. The molecule has 2 aromatic heterocycles. The number of fused-ring (bicyclic) bond motifs is 2. The molecule has 51 heavy (non-hydrogen) atoms. The zero-order chi connectivity index (χ0) is 36.9. The van der Waals surface area contributed by atoms with Crippen LogP contribution in [0.25, 0.3) is 22.5 Å². The SMILES string of the molecule is CCCCCC1CN(C)C(=O)c2cc(-c3ccc(Cl)cc3)nn21.CCCCCC1CN(CCO)C(=O)c2cc(-c3ccc(Cl)cc3)nn21.O=C=O. The van der Waals surface area contributed by atoms with Gasteiger partial charge in [0.15, 0.2) is 0 Å². The highest BCUT2D eigenvalue weighted by Crippen LogP contribution is 2.31. The first-order valence-corrected chi connectivity index (χ1v) is 18.3. The van der Waals surface area contributed by atoms with Gasteiger partial charge in [-0.25, -0.2) is 0 Å². The fourth-order valence-corrected chi connectivity index (χ4v) is 6.69. The average molecular weight is 738 g/mol. The van der Waals surface area contributed by atoms with Gasteiger partial charge in [0.1, 0.15) is 11.4 Å². The minimum Gasteiger partial charge on any atom is -0.395 e. The lowest BCUT2D eigenvalue weighted by atomic mass is 10.1. The highest BCUT2D eigenvalue weighted by molar-refractivity contribution is 6.30. The van der Waals surface area contributed by atoms with Crippen LogP contribution in [-0.2, 0) is 9.59 Å². The van der Waals surface area contributed by atoms with Crippen LogP contribution in [0, 0.1) is 0 Å². The van der Waals surface area contributed by atoms with Gasteiger partial charge in [0.05, 0.1) is 30.1 Å². The molecule has 0 saturated heterocycles.